The fraction of sp³-hybridized carbons (Fsp3) is 0.0667. The highest BCUT2D eigenvalue weighted by atomic mass is 35.5. The van der Waals surface area contributed by atoms with E-state index in [0.717, 1.165) is 11.1 Å². The summed E-state index contributed by atoms with van der Waals surface area (Å²) in [4.78, 5) is 8.53. The first-order valence-electron chi connectivity index (χ1n) is 5.94. The minimum Gasteiger partial charge on any atom is -0.225 e. The molecule has 0 N–H and O–H groups in total. The van der Waals surface area contributed by atoms with Gasteiger partial charge in [-0.25, -0.2) is 14.4 Å². The van der Waals surface area contributed by atoms with E-state index in [1.165, 1.54) is 6.07 Å². The topological polar surface area (TPSA) is 25.8 Å². The van der Waals surface area contributed by atoms with Crippen molar-refractivity contribution >= 4 is 34.1 Å². The van der Waals surface area contributed by atoms with E-state index in [2.05, 4.69) is 9.97 Å². The molecule has 2 aromatic carbocycles. The van der Waals surface area contributed by atoms with Crippen LogP contribution in [0, 0.1) is 12.7 Å². The molecule has 0 fully saturated rings. The molecule has 0 aliphatic rings. The number of hydrogen-bond donors (Lipinski definition) is 0. The third kappa shape index (κ3) is 2.23. The monoisotopic (exact) mass is 306 g/mol. The molecule has 0 radical (unpaired) electrons. The van der Waals surface area contributed by atoms with Gasteiger partial charge in [0, 0.05) is 16.0 Å². The van der Waals surface area contributed by atoms with E-state index in [0.29, 0.717) is 16.2 Å². The summed E-state index contributed by atoms with van der Waals surface area (Å²) in [5.74, 6) is -0.0265. The Bertz CT molecular complexity index is 818. The van der Waals surface area contributed by atoms with Crippen molar-refractivity contribution < 1.29 is 4.39 Å². The first-order chi connectivity index (χ1) is 9.56. The van der Waals surface area contributed by atoms with Crippen LogP contribution in [0.2, 0.25) is 10.2 Å². The van der Waals surface area contributed by atoms with Crippen LogP contribution >= 0.6 is 23.2 Å². The minimum atomic E-state index is -0.417. The van der Waals surface area contributed by atoms with Gasteiger partial charge in [0.25, 0.3) is 0 Å². The number of halogens is 3. The average molecular weight is 307 g/mol. The van der Waals surface area contributed by atoms with Crippen LogP contribution in [-0.4, -0.2) is 9.97 Å². The second-order valence-electron chi connectivity index (χ2n) is 4.43. The molecule has 3 rings (SSSR count). The van der Waals surface area contributed by atoms with Gasteiger partial charge in [-0.2, -0.15) is 0 Å². The zero-order chi connectivity index (χ0) is 14.3. The van der Waals surface area contributed by atoms with Gasteiger partial charge in [-0.05, 0) is 42.8 Å². The molecule has 0 aliphatic carbocycles. The van der Waals surface area contributed by atoms with E-state index >= 15 is 0 Å². The lowest BCUT2D eigenvalue weighted by atomic mass is 10.1. The molecule has 0 aliphatic heterocycles. The average Bonchev–Trinajstić information content (AvgIpc) is 2.40. The van der Waals surface area contributed by atoms with Crippen molar-refractivity contribution in [1.29, 1.82) is 0 Å². The van der Waals surface area contributed by atoms with E-state index in [1.54, 1.807) is 30.3 Å². The third-order valence-electron chi connectivity index (χ3n) is 3.06. The van der Waals surface area contributed by atoms with Gasteiger partial charge < -0.3 is 0 Å². The first-order valence-corrected chi connectivity index (χ1v) is 6.70. The van der Waals surface area contributed by atoms with E-state index in [4.69, 9.17) is 23.2 Å². The summed E-state index contributed by atoms with van der Waals surface area (Å²) in [5.41, 5.74) is 1.91. The van der Waals surface area contributed by atoms with Crippen molar-refractivity contribution in [1.82, 2.24) is 9.97 Å². The maximum absolute atomic E-state index is 13.9. The van der Waals surface area contributed by atoms with E-state index in [1.807, 2.05) is 6.92 Å². The zero-order valence-corrected chi connectivity index (χ0v) is 12.0. The summed E-state index contributed by atoms with van der Waals surface area (Å²) in [6.07, 6.45) is 0. The number of hydrogen-bond acceptors (Lipinski definition) is 2. The molecule has 0 amide bonds. The van der Waals surface area contributed by atoms with Crippen LogP contribution < -0.4 is 0 Å². The summed E-state index contributed by atoms with van der Waals surface area (Å²) >= 11 is 12.1. The molecule has 1 aromatic heterocycles. The SMILES string of the molecule is Cc1cc(Cl)ccc1-c1nc(Cl)c2cccc(F)c2n1. The zero-order valence-electron chi connectivity index (χ0n) is 10.5. The minimum absolute atomic E-state index is 0.219. The van der Waals surface area contributed by atoms with Crippen LogP contribution in [-0.2, 0) is 0 Å². The first kappa shape index (κ1) is 13.3. The molecule has 0 atom stereocenters. The molecule has 20 heavy (non-hydrogen) atoms. The summed E-state index contributed by atoms with van der Waals surface area (Å²) in [6, 6.07) is 9.98. The van der Waals surface area contributed by atoms with Gasteiger partial charge in [0.15, 0.2) is 5.82 Å². The van der Waals surface area contributed by atoms with Gasteiger partial charge in [-0.3, -0.25) is 0 Å². The van der Waals surface area contributed by atoms with Crippen LogP contribution in [0.15, 0.2) is 36.4 Å². The van der Waals surface area contributed by atoms with Crippen LogP contribution in [0.1, 0.15) is 5.56 Å². The lowest BCUT2D eigenvalue weighted by Crippen LogP contribution is -1.95. The van der Waals surface area contributed by atoms with E-state index < -0.39 is 5.82 Å². The predicted octanol–water partition coefficient (Wildman–Crippen LogP) is 5.05. The number of para-hydroxylation sites is 1. The molecule has 0 saturated heterocycles. The highest BCUT2D eigenvalue weighted by molar-refractivity contribution is 6.34. The molecular weight excluding hydrogens is 298 g/mol. The molecule has 2 nitrogen and oxygen atoms in total. The third-order valence-corrected chi connectivity index (χ3v) is 3.58. The smallest absolute Gasteiger partial charge is 0.161 e. The Balaban J connectivity index is 2.29. The molecule has 0 spiro atoms. The molecule has 0 saturated carbocycles. The van der Waals surface area contributed by atoms with Crippen molar-refractivity contribution in [2.75, 3.05) is 0 Å². The summed E-state index contributed by atoms with van der Waals surface area (Å²) in [5, 5.41) is 1.37. The highest BCUT2D eigenvalue weighted by Gasteiger charge is 2.12. The second kappa shape index (κ2) is 5.00. The van der Waals surface area contributed by atoms with Gasteiger partial charge in [0.1, 0.15) is 16.5 Å². The van der Waals surface area contributed by atoms with Gasteiger partial charge in [-0.1, -0.05) is 29.3 Å². The standard InChI is InChI=1S/C15H9Cl2FN2/c1-8-7-9(16)5-6-10(8)15-19-13-11(14(17)20-15)3-2-4-12(13)18/h2-7H,1H3. The van der Waals surface area contributed by atoms with Crippen molar-refractivity contribution in [2.45, 2.75) is 6.92 Å². The Morgan fingerprint density at radius 3 is 2.60 bits per heavy atom. The van der Waals surface area contributed by atoms with Gasteiger partial charge in [0.2, 0.25) is 0 Å². The molecule has 0 unspecified atom stereocenters. The summed E-state index contributed by atoms with van der Waals surface area (Å²) in [6.45, 7) is 1.89. The Hall–Kier alpha value is -1.71. The van der Waals surface area contributed by atoms with Crippen LogP contribution in [0.4, 0.5) is 4.39 Å². The second-order valence-corrected chi connectivity index (χ2v) is 5.23. The summed E-state index contributed by atoms with van der Waals surface area (Å²) < 4.78 is 13.9. The summed E-state index contributed by atoms with van der Waals surface area (Å²) in [7, 11) is 0. The fourth-order valence-electron chi connectivity index (χ4n) is 2.08. The largest absolute Gasteiger partial charge is 0.225 e. The number of nitrogens with zero attached hydrogens (tertiary/aromatic N) is 2. The lowest BCUT2D eigenvalue weighted by molar-refractivity contribution is 0.636. The molecular formula is C15H9Cl2FN2. The lowest BCUT2D eigenvalue weighted by Gasteiger charge is -2.08. The van der Waals surface area contributed by atoms with Crippen molar-refractivity contribution in [3.63, 3.8) is 0 Å². The maximum atomic E-state index is 13.9. The molecule has 100 valence electrons. The highest BCUT2D eigenvalue weighted by Crippen LogP contribution is 2.28. The maximum Gasteiger partial charge on any atom is 0.161 e. The van der Waals surface area contributed by atoms with E-state index in [-0.39, 0.29) is 10.7 Å². The van der Waals surface area contributed by atoms with Gasteiger partial charge in [0.05, 0.1) is 0 Å². The fourth-order valence-corrected chi connectivity index (χ4v) is 2.54. The van der Waals surface area contributed by atoms with Crippen molar-refractivity contribution in [3.05, 3.63) is 58.0 Å². The number of aromatic nitrogens is 2. The molecule has 1 heterocycles. The number of aryl methyl sites for hydroxylation is 1. The quantitative estimate of drug-likeness (QED) is 0.588. The van der Waals surface area contributed by atoms with Gasteiger partial charge >= 0.3 is 0 Å². The number of fused-ring (bicyclic) bond motifs is 1. The van der Waals surface area contributed by atoms with E-state index in [9.17, 15) is 4.39 Å². The van der Waals surface area contributed by atoms with Crippen molar-refractivity contribution in [2.24, 2.45) is 0 Å². The Kier molecular flexibility index (Phi) is 3.32. The molecule has 0 bridgehead atoms. The Morgan fingerprint density at radius 1 is 1.05 bits per heavy atom. The van der Waals surface area contributed by atoms with Crippen LogP contribution in [0.3, 0.4) is 0 Å². The predicted molar refractivity (Wildman–Crippen MR) is 79.7 cm³/mol. The van der Waals surface area contributed by atoms with Gasteiger partial charge in [-0.15, -0.1) is 0 Å². The van der Waals surface area contributed by atoms with Crippen molar-refractivity contribution in [3.8, 4) is 11.4 Å². The molecule has 3 aromatic rings. The Morgan fingerprint density at radius 2 is 1.85 bits per heavy atom. The Labute approximate surface area is 125 Å². The number of benzene rings is 2. The van der Waals surface area contributed by atoms with Crippen LogP contribution in [0.5, 0.6) is 0 Å². The normalized spacial score (nSPS) is 11.0. The molecule has 5 heteroatoms. The van der Waals surface area contributed by atoms with Crippen LogP contribution in [0.25, 0.3) is 22.3 Å². The number of rotatable bonds is 1.